The molecule has 0 aromatic heterocycles. The molecule has 0 radical (unpaired) electrons. The second-order valence-corrected chi connectivity index (χ2v) is 6.17. The maximum Gasteiger partial charge on any atom is 0.452 e. The van der Waals surface area contributed by atoms with E-state index >= 15 is 0 Å². The van der Waals surface area contributed by atoms with Gasteiger partial charge in [-0.1, -0.05) is 35.4 Å². The molecule has 1 aromatic rings. The molecule has 0 aliphatic carbocycles. The third-order valence-electron chi connectivity index (χ3n) is 2.72. The molecular formula is C18H24N2O6. The summed E-state index contributed by atoms with van der Waals surface area (Å²) in [6.45, 7) is 6.60. The van der Waals surface area contributed by atoms with Gasteiger partial charge in [-0.05, 0) is 33.3 Å². The molecule has 0 bridgehead atoms. The Morgan fingerprint density at radius 3 is 2.35 bits per heavy atom. The molecule has 8 nitrogen and oxygen atoms in total. The van der Waals surface area contributed by atoms with E-state index in [-0.39, 0.29) is 19.8 Å². The Bertz CT molecular complexity index is 662. The molecule has 0 aliphatic rings. The number of benzene rings is 1. The predicted molar refractivity (Wildman–Crippen MR) is 93.5 cm³/mol. The predicted octanol–water partition coefficient (Wildman–Crippen LogP) is 3.92. The van der Waals surface area contributed by atoms with E-state index in [2.05, 4.69) is 10.2 Å². The first-order valence-corrected chi connectivity index (χ1v) is 8.08. The summed E-state index contributed by atoms with van der Waals surface area (Å²) in [5, 5.41) is 16.8. The van der Waals surface area contributed by atoms with E-state index in [0.29, 0.717) is 0 Å². The highest BCUT2D eigenvalue weighted by atomic mass is 16.6. The number of esters is 1. The fourth-order valence-corrected chi connectivity index (χ4v) is 1.70. The molecule has 1 rings (SSSR count). The summed E-state index contributed by atoms with van der Waals surface area (Å²) in [6.07, 6.45) is -0.989. The molecule has 0 heterocycles. The van der Waals surface area contributed by atoms with Crippen LogP contribution in [0.3, 0.4) is 0 Å². The van der Waals surface area contributed by atoms with Crippen LogP contribution in [0.2, 0.25) is 0 Å². The molecule has 26 heavy (non-hydrogen) atoms. The number of hydrogen-bond donors (Lipinski definition) is 1. The van der Waals surface area contributed by atoms with Gasteiger partial charge in [0.2, 0.25) is 5.70 Å². The van der Waals surface area contributed by atoms with Crippen molar-refractivity contribution >= 4 is 12.1 Å². The number of hydrogen-bond acceptors (Lipinski definition) is 7. The largest absolute Gasteiger partial charge is 0.507 e. The van der Waals surface area contributed by atoms with Gasteiger partial charge in [-0.2, -0.15) is 0 Å². The monoisotopic (exact) mass is 364 g/mol. The smallest absolute Gasteiger partial charge is 0.452 e. The van der Waals surface area contributed by atoms with Crippen molar-refractivity contribution in [2.45, 2.75) is 39.9 Å². The molecule has 0 spiro atoms. The summed E-state index contributed by atoms with van der Waals surface area (Å²) in [5.41, 5.74) is -0.371. The fourth-order valence-electron chi connectivity index (χ4n) is 1.70. The number of rotatable bonds is 7. The van der Waals surface area contributed by atoms with Crippen LogP contribution in [-0.4, -0.2) is 36.0 Å². The lowest BCUT2D eigenvalue weighted by Gasteiger charge is -2.16. The van der Waals surface area contributed by atoms with E-state index in [9.17, 15) is 14.7 Å². The first-order chi connectivity index (χ1) is 12.2. The summed E-state index contributed by atoms with van der Waals surface area (Å²) in [5.74, 6) is -1.41. The van der Waals surface area contributed by atoms with Gasteiger partial charge >= 0.3 is 12.1 Å². The van der Waals surface area contributed by atoms with Crippen LogP contribution in [0.25, 0.3) is 0 Å². The Balaban J connectivity index is 2.80. The van der Waals surface area contributed by atoms with Gasteiger partial charge in [0.25, 0.3) is 0 Å². The van der Waals surface area contributed by atoms with Crippen molar-refractivity contribution in [2.75, 3.05) is 13.2 Å². The summed E-state index contributed by atoms with van der Waals surface area (Å²) in [7, 11) is 0. The fraction of sp³-hybridized carbons (Fsp3) is 0.444. The number of amides is 1. The topological polar surface area (TPSA) is 107 Å². The van der Waals surface area contributed by atoms with Gasteiger partial charge in [0.1, 0.15) is 12.2 Å². The first-order valence-electron chi connectivity index (χ1n) is 8.08. The van der Waals surface area contributed by atoms with E-state index in [0.717, 1.165) is 5.56 Å². The molecule has 0 saturated carbocycles. The third-order valence-corrected chi connectivity index (χ3v) is 2.72. The quantitative estimate of drug-likeness (QED) is 0.340. The lowest BCUT2D eigenvalue weighted by atomic mass is 10.2. The number of aliphatic hydroxyl groups is 1. The molecule has 0 aliphatic heterocycles. The van der Waals surface area contributed by atoms with Crippen molar-refractivity contribution < 1.29 is 28.9 Å². The van der Waals surface area contributed by atoms with Crippen LogP contribution in [0.4, 0.5) is 4.79 Å². The zero-order valence-corrected chi connectivity index (χ0v) is 15.4. The average molecular weight is 364 g/mol. The van der Waals surface area contributed by atoms with Gasteiger partial charge < -0.3 is 19.3 Å². The maximum absolute atomic E-state index is 11.9. The van der Waals surface area contributed by atoms with E-state index in [1.54, 1.807) is 27.7 Å². The normalized spacial score (nSPS) is 12.6. The van der Waals surface area contributed by atoms with Crippen LogP contribution in [0.1, 0.15) is 33.3 Å². The summed E-state index contributed by atoms with van der Waals surface area (Å²) < 4.78 is 15.1. The van der Waals surface area contributed by atoms with Gasteiger partial charge in [-0.25, -0.2) is 9.59 Å². The molecule has 0 atom stereocenters. The Hall–Kier alpha value is -2.74. The van der Waals surface area contributed by atoms with Crippen LogP contribution in [0.5, 0.6) is 0 Å². The van der Waals surface area contributed by atoms with Gasteiger partial charge in [-0.3, -0.25) is 0 Å². The van der Waals surface area contributed by atoms with Crippen molar-refractivity contribution in [3.8, 4) is 0 Å². The summed E-state index contributed by atoms with van der Waals surface area (Å²) >= 11 is 0. The van der Waals surface area contributed by atoms with Crippen LogP contribution in [0.15, 0.2) is 52.0 Å². The maximum atomic E-state index is 11.9. The summed E-state index contributed by atoms with van der Waals surface area (Å²) in [6, 6.07) is 9.29. The lowest BCUT2D eigenvalue weighted by molar-refractivity contribution is -0.138. The van der Waals surface area contributed by atoms with Crippen molar-refractivity contribution in [1.29, 1.82) is 0 Å². The van der Waals surface area contributed by atoms with Crippen molar-refractivity contribution in [3.05, 3.63) is 47.4 Å². The van der Waals surface area contributed by atoms with Gasteiger partial charge in [-0.15, -0.1) is 5.11 Å². The Labute approximate surface area is 152 Å². The van der Waals surface area contributed by atoms with Gasteiger partial charge in [0.05, 0.1) is 13.2 Å². The number of azo groups is 1. The number of ether oxygens (including phenoxy) is 3. The molecule has 8 heteroatoms. The van der Waals surface area contributed by atoms with Crippen LogP contribution >= 0.6 is 0 Å². The molecule has 142 valence electrons. The zero-order chi connectivity index (χ0) is 19.6. The summed E-state index contributed by atoms with van der Waals surface area (Å²) in [4.78, 5) is 23.5. The number of aliphatic hydroxyl groups excluding tert-OH is 1. The van der Waals surface area contributed by atoms with E-state index in [4.69, 9.17) is 14.2 Å². The standard InChI is InChI=1S/C18H24N2O6/c1-5-25-16(22)15(19-20-17(23)26-18(2,3)4)14(21)12-24-11-13-9-7-6-8-10-13/h6-10,21H,5,11-12H2,1-4H3/b15-14+,20-19?. The third kappa shape index (κ3) is 8.39. The molecule has 1 aromatic carbocycles. The Morgan fingerprint density at radius 1 is 1.12 bits per heavy atom. The molecule has 1 amide bonds. The molecule has 0 fully saturated rings. The zero-order valence-electron chi connectivity index (χ0n) is 15.4. The average Bonchev–Trinajstić information content (AvgIpc) is 2.54. The number of carbonyl (C=O) groups is 2. The molecule has 1 N–H and O–H groups in total. The highest BCUT2D eigenvalue weighted by Crippen LogP contribution is 2.12. The minimum absolute atomic E-state index is 0.0719. The van der Waals surface area contributed by atoms with Crippen molar-refractivity contribution in [3.63, 3.8) is 0 Å². The SMILES string of the molecule is CCOC(=O)/C(N=NC(=O)OC(C)(C)C)=C(\O)COCc1ccccc1. The van der Waals surface area contributed by atoms with Crippen LogP contribution < -0.4 is 0 Å². The highest BCUT2D eigenvalue weighted by Gasteiger charge is 2.20. The lowest BCUT2D eigenvalue weighted by Crippen LogP contribution is -2.21. The number of nitrogens with zero attached hydrogens (tertiary/aromatic N) is 2. The molecule has 0 unspecified atom stereocenters. The Morgan fingerprint density at radius 2 is 1.77 bits per heavy atom. The van der Waals surface area contributed by atoms with Crippen LogP contribution in [-0.2, 0) is 25.6 Å². The van der Waals surface area contributed by atoms with E-state index in [1.165, 1.54) is 0 Å². The molecule has 0 saturated heterocycles. The first kappa shape index (κ1) is 21.3. The van der Waals surface area contributed by atoms with Gasteiger partial charge in [0.15, 0.2) is 5.76 Å². The second-order valence-electron chi connectivity index (χ2n) is 6.17. The van der Waals surface area contributed by atoms with E-state index in [1.807, 2.05) is 30.3 Å². The van der Waals surface area contributed by atoms with Crippen LogP contribution in [0, 0.1) is 0 Å². The minimum Gasteiger partial charge on any atom is -0.507 e. The minimum atomic E-state index is -0.989. The number of carbonyl (C=O) groups excluding carboxylic acids is 2. The van der Waals surface area contributed by atoms with E-state index < -0.39 is 29.1 Å². The van der Waals surface area contributed by atoms with Crippen molar-refractivity contribution in [1.82, 2.24) is 0 Å². The van der Waals surface area contributed by atoms with Gasteiger partial charge in [0, 0.05) is 0 Å². The highest BCUT2D eigenvalue weighted by molar-refractivity contribution is 5.88. The van der Waals surface area contributed by atoms with Crippen molar-refractivity contribution in [2.24, 2.45) is 10.2 Å². The second kappa shape index (κ2) is 10.3. The Kier molecular flexibility index (Phi) is 8.44. The molecular weight excluding hydrogens is 340 g/mol.